The number of nitriles is 1. The number of carbonyl (C=O) groups is 4. The van der Waals surface area contributed by atoms with Crippen LogP contribution in [0.1, 0.15) is 69.2 Å². The number of esters is 3. The van der Waals surface area contributed by atoms with Crippen molar-refractivity contribution >= 4 is 67.4 Å². The van der Waals surface area contributed by atoms with Crippen molar-refractivity contribution < 1.29 is 116 Å². The van der Waals surface area contributed by atoms with E-state index in [2.05, 4.69) is 70.6 Å². The van der Waals surface area contributed by atoms with Gasteiger partial charge in [0.2, 0.25) is 0 Å². The molecule has 0 saturated heterocycles. The summed E-state index contributed by atoms with van der Waals surface area (Å²) in [5.74, 6) is -5.84. The maximum absolute atomic E-state index is 12.7. The molecule has 0 unspecified atom stereocenters. The van der Waals surface area contributed by atoms with E-state index in [1.807, 2.05) is 0 Å². The van der Waals surface area contributed by atoms with Crippen LogP contribution in [-0.4, -0.2) is 145 Å². The number of nitrogens with one attached hydrogen (secondary N) is 1. The van der Waals surface area contributed by atoms with Crippen molar-refractivity contribution in [2.75, 3.05) is 65.7 Å². The minimum Gasteiger partial charge on any atom is -0.743 e. The van der Waals surface area contributed by atoms with Gasteiger partial charge in [0, 0.05) is 37.3 Å². The Morgan fingerprint density at radius 2 is 1.05 bits per heavy atom. The van der Waals surface area contributed by atoms with E-state index in [1.54, 1.807) is 23.1 Å². The Labute approximate surface area is 392 Å². The zero-order chi connectivity index (χ0) is 47.6. The number of ether oxygens (including phenoxy) is 3. The van der Waals surface area contributed by atoms with Gasteiger partial charge in [0.15, 0.2) is 20.2 Å². The first-order chi connectivity index (χ1) is 27.8. The number of aliphatic hydroxyl groups excluding tert-OH is 1. The summed E-state index contributed by atoms with van der Waals surface area (Å²) in [4.78, 5) is 54.1. The summed E-state index contributed by atoms with van der Waals surface area (Å²) in [6, 6.07) is 7.53. The summed E-state index contributed by atoms with van der Waals surface area (Å²) in [5.41, 5.74) is 0.607. The number of rotatable bonds is 17. The van der Waals surface area contributed by atoms with Crippen molar-refractivity contribution in [1.82, 2.24) is 14.9 Å². The largest absolute Gasteiger partial charge is 1.00 e. The maximum Gasteiger partial charge on any atom is 1.00 e. The van der Waals surface area contributed by atoms with Crippen molar-refractivity contribution in [3.63, 3.8) is 0 Å². The SMILES string of the molecule is CC#N.CCN(CC)CC.CC[NH+](CC)CC.Cl.O=C(Cl)c1ccncc1.O=C(OCCO)C(F)(F)S(=O)(=O)[O-].O=C(OCCOC(=O)C(F)(F)S(=O)(=O)[O-])c1ccncc1.[Na+]. The molecule has 2 aromatic rings. The summed E-state index contributed by atoms with van der Waals surface area (Å²) < 4.78 is 121. The van der Waals surface area contributed by atoms with E-state index in [0.717, 1.165) is 0 Å². The molecule has 0 saturated carbocycles. The van der Waals surface area contributed by atoms with Crippen LogP contribution in [-0.2, 0) is 44.0 Å². The molecular formula is C34H52Cl2F4N5NaO14S2. The van der Waals surface area contributed by atoms with E-state index >= 15 is 0 Å². The van der Waals surface area contributed by atoms with Gasteiger partial charge in [-0.05, 0) is 76.3 Å². The second kappa shape index (κ2) is 39.5. The number of nitrogens with zero attached hydrogens (tertiary/aromatic N) is 4. The third-order valence-corrected chi connectivity index (χ3v) is 8.45. The first-order valence-electron chi connectivity index (χ1n) is 17.5. The topological polar surface area (TPSA) is 288 Å². The number of aliphatic hydroxyl groups is 1. The Hall–Kier alpha value is -3.13. The van der Waals surface area contributed by atoms with Gasteiger partial charge in [-0.3, -0.25) is 14.8 Å². The molecule has 0 aliphatic rings. The van der Waals surface area contributed by atoms with Crippen molar-refractivity contribution in [3.8, 4) is 6.07 Å². The normalized spacial score (nSPS) is 10.4. The van der Waals surface area contributed by atoms with E-state index in [0.29, 0.717) is 5.56 Å². The summed E-state index contributed by atoms with van der Waals surface area (Å²) in [6.45, 7) is 19.1. The number of hydrogen-bond acceptors (Lipinski definition) is 18. The number of aromatic nitrogens is 2. The minimum absolute atomic E-state index is 0. The van der Waals surface area contributed by atoms with Gasteiger partial charge in [-0.15, -0.1) is 12.4 Å². The molecule has 0 amide bonds. The number of hydrogen-bond donors (Lipinski definition) is 2. The van der Waals surface area contributed by atoms with E-state index in [-0.39, 0.29) is 47.5 Å². The number of carbonyl (C=O) groups excluding carboxylic acids is 4. The van der Waals surface area contributed by atoms with Gasteiger partial charge in [0.05, 0.1) is 37.9 Å². The Morgan fingerprint density at radius 3 is 1.27 bits per heavy atom. The molecule has 0 bridgehead atoms. The number of alkyl halides is 4. The molecule has 0 atom stereocenters. The smallest absolute Gasteiger partial charge is 0.743 e. The standard InChI is InChI=1S/C10H9F2NO7S.C6H4ClNO.2C6H15N.C4H6F2O6S.C2H3N.ClH.Na/c11-10(12,21(16,17)18)9(15)20-6-5-19-8(14)7-1-3-13-4-2-7;7-6(9)5-1-3-8-4-2-5;2*1-4-7(5-2)6-3;5-4(6,13(9,10)11)3(8)12-2-1-7;1-2-3;;/h1-4H,5-6H2,(H,16,17,18);1-4H;2*4-6H2,1-3H3;7H,1-2H2,(H,9,10,11);1H3;1H;/q;;;;;;;+1/p-1. The quantitative estimate of drug-likeness (QED) is 0.0376. The van der Waals surface area contributed by atoms with Crippen LogP contribution in [0.5, 0.6) is 0 Å². The summed E-state index contributed by atoms with van der Waals surface area (Å²) in [7, 11) is -12.2. The Balaban J connectivity index is -0.000000165. The van der Waals surface area contributed by atoms with E-state index in [9.17, 15) is 62.7 Å². The zero-order valence-corrected chi connectivity index (χ0v) is 40.6. The van der Waals surface area contributed by atoms with Gasteiger partial charge < -0.3 is 38.2 Å². The van der Waals surface area contributed by atoms with Crippen LogP contribution < -0.4 is 34.5 Å². The Morgan fingerprint density at radius 1 is 0.742 bits per heavy atom. The molecule has 0 aliphatic carbocycles. The molecule has 0 aromatic carbocycles. The number of halogens is 6. The monoisotopic (exact) mass is 987 g/mol. The molecule has 62 heavy (non-hydrogen) atoms. The van der Waals surface area contributed by atoms with Gasteiger partial charge >= 0.3 is 58.0 Å². The van der Waals surface area contributed by atoms with Crippen LogP contribution in [0.25, 0.3) is 0 Å². The number of pyridine rings is 2. The van der Waals surface area contributed by atoms with Crippen LogP contribution in [0.3, 0.4) is 0 Å². The van der Waals surface area contributed by atoms with Crippen LogP contribution in [0.2, 0.25) is 0 Å². The van der Waals surface area contributed by atoms with E-state index < -0.39 is 80.3 Å². The van der Waals surface area contributed by atoms with Crippen LogP contribution in [0.15, 0.2) is 49.1 Å². The molecule has 0 spiro atoms. The summed E-state index contributed by atoms with van der Waals surface area (Å²) in [5, 5.41) is 4.61. The molecule has 0 fully saturated rings. The van der Waals surface area contributed by atoms with Crippen molar-refractivity contribution in [2.24, 2.45) is 0 Å². The minimum atomic E-state index is -6.17. The van der Waals surface area contributed by atoms with Gasteiger partial charge in [-0.2, -0.15) is 22.8 Å². The van der Waals surface area contributed by atoms with Gasteiger partial charge in [-0.1, -0.05) is 20.8 Å². The summed E-state index contributed by atoms with van der Waals surface area (Å²) in [6.07, 6.45) is 5.68. The van der Waals surface area contributed by atoms with Crippen LogP contribution >= 0.6 is 24.0 Å². The second-order valence-corrected chi connectivity index (χ2v) is 13.7. The van der Waals surface area contributed by atoms with Crippen LogP contribution in [0, 0.1) is 11.3 Å². The fourth-order valence-electron chi connectivity index (χ4n) is 3.25. The second-order valence-electron chi connectivity index (χ2n) is 10.5. The molecular weight excluding hydrogens is 936 g/mol. The molecule has 2 heterocycles. The van der Waals surface area contributed by atoms with Crippen LogP contribution in [0.4, 0.5) is 17.6 Å². The van der Waals surface area contributed by atoms with Crippen molar-refractivity contribution in [3.05, 3.63) is 60.2 Å². The average molecular weight is 989 g/mol. The molecule has 352 valence electrons. The van der Waals surface area contributed by atoms with Crippen molar-refractivity contribution in [1.29, 1.82) is 5.26 Å². The predicted molar refractivity (Wildman–Crippen MR) is 212 cm³/mol. The summed E-state index contributed by atoms with van der Waals surface area (Å²) >= 11 is 5.14. The molecule has 0 radical (unpaired) electrons. The third-order valence-electron chi connectivity index (χ3n) is 6.64. The average Bonchev–Trinajstić information content (AvgIpc) is 3.20. The predicted octanol–water partition coefficient (Wildman–Crippen LogP) is -0.725. The van der Waals surface area contributed by atoms with E-state index in [1.165, 1.54) is 83.1 Å². The molecule has 19 nitrogen and oxygen atoms in total. The Bertz CT molecular complexity index is 1750. The van der Waals surface area contributed by atoms with E-state index in [4.69, 9.17) is 22.0 Å². The maximum atomic E-state index is 12.7. The molecule has 2 N–H and O–H groups in total. The van der Waals surface area contributed by atoms with Gasteiger partial charge in [-0.25, -0.2) is 31.2 Å². The van der Waals surface area contributed by atoms with Gasteiger partial charge in [0.1, 0.15) is 19.8 Å². The fourth-order valence-corrected chi connectivity index (χ4v) is 3.91. The number of quaternary nitrogens is 1. The Kier molecular flexibility index (Phi) is 44.9. The first-order valence-corrected chi connectivity index (χ1v) is 20.7. The van der Waals surface area contributed by atoms with Crippen molar-refractivity contribution in [2.45, 2.75) is 59.0 Å². The zero-order valence-electron chi connectivity index (χ0n) is 35.3. The molecule has 2 aromatic heterocycles. The molecule has 2 rings (SSSR count). The third kappa shape index (κ3) is 32.5. The molecule has 0 aliphatic heterocycles. The molecule has 28 heteroatoms. The first kappa shape index (κ1) is 70.5. The van der Waals surface area contributed by atoms with Gasteiger partial charge in [0.25, 0.3) is 5.24 Å². The fraction of sp³-hybridized carbons (Fsp3) is 0.559.